The maximum atomic E-state index is 12.8. The van der Waals surface area contributed by atoms with Crippen molar-refractivity contribution in [2.24, 2.45) is 12.5 Å². The number of amides is 1. The first-order valence-corrected chi connectivity index (χ1v) is 9.97. The molecule has 0 saturated carbocycles. The third-order valence-corrected chi connectivity index (χ3v) is 6.73. The molecule has 2 saturated heterocycles. The SMILES string of the molecule is Cc1c(CN2CCC3(CC2)CC(c2ccccc2)C(=O)N(C)C3)cnn1C. The molecule has 1 amide bonds. The maximum absolute atomic E-state index is 12.8. The van der Waals surface area contributed by atoms with Crippen molar-refractivity contribution >= 4 is 5.91 Å². The average molecular weight is 367 g/mol. The Morgan fingerprint density at radius 1 is 1.15 bits per heavy atom. The molecule has 1 spiro atoms. The number of benzene rings is 1. The summed E-state index contributed by atoms with van der Waals surface area (Å²) in [4.78, 5) is 17.3. The van der Waals surface area contributed by atoms with Crippen molar-refractivity contribution in [2.75, 3.05) is 26.7 Å². The third-order valence-electron chi connectivity index (χ3n) is 6.73. The van der Waals surface area contributed by atoms with E-state index in [1.54, 1.807) is 0 Å². The van der Waals surface area contributed by atoms with Gasteiger partial charge in [-0.1, -0.05) is 30.3 Å². The molecular weight excluding hydrogens is 336 g/mol. The smallest absolute Gasteiger partial charge is 0.229 e. The lowest BCUT2D eigenvalue weighted by Crippen LogP contribution is -2.52. The monoisotopic (exact) mass is 366 g/mol. The van der Waals surface area contributed by atoms with Crippen LogP contribution in [0.4, 0.5) is 0 Å². The Kier molecular flexibility index (Phi) is 4.81. The van der Waals surface area contributed by atoms with Crippen LogP contribution in [0.3, 0.4) is 0 Å². The molecule has 5 nitrogen and oxygen atoms in total. The number of hydrogen-bond donors (Lipinski definition) is 0. The van der Waals surface area contributed by atoms with E-state index in [4.69, 9.17) is 0 Å². The van der Waals surface area contributed by atoms with E-state index in [1.807, 2.05) is 48.1 Å². The molecular formula is C22H30N4O. The van der Waals surface area contributed by atoms with Crippen molar-refractivity contribution in [3.63, 3.8) is 0 Å². The van der Waals surface area contributed by atoms with Gasteiger partial charge >= 0.3 is 0 Å². The molecule has 0 N–H and O–H groups in total. The number of nitrogens with zero attached hydrogens (tertiary/aromatic N) is 4. The highest BCUT2D eigenvalue weighted by molar-refractivity contribution is 5.84. The summed E-state index contributed by atoms with van der Waals surface area (Å²) in [5, 5.41) is 4.37. The van der Waals surface area contributed by atoms with Gasteiger partial charge in [0.2, 0.25) is 5.91 Å². The van der Waals surface area contributed by atoms with Gasteiger partial charge in [0.15, 0.2) is 0 Å². The van der Waals surface area contributed by atoms with E-state index in [0.717, 1.165) is 45.4 Å². The number of piperidine rings is 2. The van der Waals surface area contributed by atoms with Crippen LogP contribution in [0, 0.1) is 12.3 Å². The number of likely N-dealkylation sites (N-methyl/N-ethyl adjacent to an activating group) is 1. The molecule has 3 heterocycles. The molecule has 0 aliphatic carbocycles. The van der Waals surface area contributed by atoms with Gasteiger partial charge in [-0.15, -0.1) is 0 Å². The molecule has 2 fully saturated rings. The van der Waals surface area contributed by atoms with Crippen LogP contribution in [0.1, 0.15) is 42.0 Å². The fourth-order valence-electron chi connectivity index (χ4n) is 4.87. The van der Waals surface area contributed by atoms with Crippen LogP contribution >= 0.6 is 0 Å². The number of carbonyl (C=O) groups is 1. The number of carbonyl (C=O) groups excluding carboxylic acids is 1. The molecule has 27 heavy (non-hydrogen) atoms. The fourth-order valence-corrected chi connectivity index (χ4v) is 4.87. The van der Waals surface area contributed by atoms with Crippen LogP contribution in [-0.4, -0.2) is 52.2 Å². The van der Waals surface area contributed by atoms with Gasteiger partial charge in [-0.3, -0.25) is 14.4 Å². The lowest BCUT2D eigenvalue weighted by molar-refractivity contribution is -0.139. The Labute approximate surface area is 162 Å². The highest BCUT2D eigenvalue weighted by Gasteiger charge is 2.44. The minimum atomic E-state index is 0.0112. The molecule has 1 unspecified atom stereocenters. The topological polar surface area (TPSA) is 41.4 Å². The summed E-state index contributed by atoms with van der Waals surface area (Å²) in [7, 11) is 3.98. The van der Waals surface area contributed by atoms with Crippen LogP contribution in [0.2, 0.25) is 0 Å². The standard InChI is InChI=1S/C22H30N4O/c1-17-19(14-23-25(17)3)15-26-11-9-22(10-12-26)13-20(21(27)24(2)16-22)18-7-5-4-6-8-18/h4-8,14,20H,9-13,15-16H2,1-3H3. The minimum absolute atomic E-state index is 0.0112. The molecule has 2 aliphatic heterocycles. The van der Waals surface area contributed by atoms with Crippen molar-refractivity contribution in [1.29, 1.82) is 0 Å². The van der Waals surface area contributed by atoms with Crippen molar-refractivity contribution in [2.45, 2.75) is 38.6 Å². The molecule has 1 atom stereocenters. The minimum Gasteiger partial charge on any atom is -0.345 e. The van der Waals surface area contributed by atoms with Crippen LogP contribution in [0.5, 0.6) is 0 Å². The van der Waals surface area contributed by atoms with Crippen molar-refractivity contribution < 1.29 is 4.79 Å². The first-order chi connectivity index (χ1) is 13.0. The molecule has 0 radical (unpaired) electrons. The third kappa shape index (κ3) is 3.53. The van der Waals surface area contributed by atoms with Crippen LogP contribution in [0.15, 0.2) is 36.5 Å². The van der Waals surface area contributed by atoms with Gasteiger partial charge in [0, 0.05) is 38.4 Å². The Balaban J connectivity index is 1.45. The zero-order valence-electron chi connectivity index (χ0n) is 16.7. The predicted octanol–water partition coefficient (Wildman–Crippen LogP) is 2.96. The molecule has 1 aromatic heterocycles. The first kappa shape index (κ1) is 18.2. The van der Waals surface area contributed by atoms with E-state index < -0.39 is 0 Å². The van der Waals surface area contributed by atoms with E-state index >= 15 is 0 Å². The first-order valence-electron chi connectivity index (χ1n) is 9.97. The molecule has 2 aliphatic rings. The summed E-state index contributed by atoms with van der Waals surface area (Å²) in [5.41, 5.74) is 4.00. The predicted molar refractivity (Wildman–Crippen MR) is 106 cm³/mol. The fraction of sp³-hybridized carbons (Fsp3) is 0.545. The second-order valence-electron chi connectivity index (χ2n) is 8.52. The highest BCUT2D eigenvalue weighted by Crippen LogP contribution is 2.45. The molecule has 2 aromatic rings. The van der Waals surface area contributed by atoms with Crippen molar-refractivity contribution in [3.8, 4) is 0 Å². The lowest BCUT2D eigenvalue weighted by Gasteiger charge is -2.49. The van der Waals surface area contributed by atoms with Gasteiger partial charge < -0.3 is 4.90 Å². The second-order valence-corrected chi connectivity index (χ2v) is 8.52. The lowest BCUT2D eigenvalue weighted by atomic mass is 9.67. The van der Waals surface area contributed by atoms with E-state index in [9.17, 15) is 4.79 Å². The van der Waals surface area contributed by atoms with E-state index in [1.165, 1.54) is 16.8 Å². The number of aromatic nitrogens is 2. The van der Waals surface area contributed by atoms with Crippen molar-refractivity contribution in [3.05, 3.63) is 53.3 Å². The Morgan fingerprint density at radius 2 is 1.85 bits per heavy atom. The summed E-state index contributed by atoms with van der Waals surface area (Å²) >= 11 is 0. The normalized spacial score (nSPS) is 23.1. The zero-order chi connectivity index (χ0) is 19.0. The largest absolute Gasteiger partial charge is 0.345 e. The Hall–Kier alpha value is -2.14. The van der Waals surface area contributed by atoms with Gasteiger partial charge in [0.1, 0.15) is 0 Å². The number of rotatable bonds is 3. The number of likely N-dealkylation sites (tertiary alicyclic amines) is 2. The molecule has 0 bridgehead atoms. The van der Waals surface area contributed by atoms with Crippen LogP contribution in [-0.2, 0) is 18.4 Å². The number of aryl methyl sites for hydroxylation is 1. The maximum Gasteiger partial charge on any atom is 0.229 e. The molecule has 4 rings (SSSR count). The molecule has 144 valence electrons. The van der Waals surface area contributed by atoms with Gasteiger partial charge in [0.25, 0.3) is 0 Å². The zero-order valence-corrected chi connectivity index (χ0v) is 16.7. The van der Waals surface area contributed by atoms with E-state index in [0.29, 0.717) is 0 Å². The van der Waals surface area contributed by atoms with Gasteiger partial charge in [-0.2, -0.15) is 5.10 Å². The van der Waals surface area contributed by atoms with E-state index in [2.05, 4.69) is 29.1 Å². The summed E-state index contributed by atoms with van der Waals surface area (Å²) < 4.78 is 1.95. The summed E-state index contributed by atoms with van der Waals surface area (Å²) in [6.07, 6.45) is 5.30. The highest BCUT2D eigenvalue weighted by atomic mass is 16.2. The van der Waals surface area contributed by atoms with Gasteiger partial charge in [-0.25, -0.2) is 0 Å². The Morgan fingerprint density at radius 3 is 2.48 bits per heavy atom. The summed E-state index contributed by atoms with van der Waals surface area (Å²) in [5.74, 6) is 0.289. The summed E-state index contributed by atoms with van der Waals surface area (Å²) in [6, 6.07) is 10.3. The van der Waals surface area contributed by atoms with E-state index in [-0.39, 0.29) is 17.2 Å². The number of hydrogen-bond acceptors (Lipinski definition) is 3. The average Bonchev–Trinajstić information content (AvgIpc) is 2.99. The molecule has 1 aromatic carbocycles. The molecule has 5 heteroatoms. The summed E-state index contributed by atoms with van der Waals surface area (Å²) in [6.45, 7) is 6.21. The van der Waals surface area contributed by atoms with Crippen LogP contribution < -0.4 is 0 Å². The van der Waals surface area contributed by atoms with Crippen LogP contribution in [0.25, 0.3) is 0 Å². The Bertz CT molecular complexity index is 805. The quantitative estimate of drug-likeness (QED) is 0.839. The van der Waals surface area contributed by atoms with Gasteiger partial charge in [0.05, 0.1) is 12.1 Å². The second kappa shape index (κ2) is 7.12. The van der Waals surface area contributed by atoms with Crippen molar-refractivity contribution in [1.82, 2.24) is 19.6 Å². The van der Waals surface area contributed by atoms with Gasteiger partial charge in [-0.05, 0) is 50.3 Å².